The lowest BCUT2D eigenvalue weighted by molar-refractivity contribution is -0.121. The summed E-state index contributed by atoms with van der Waals surface area (Å²) < 4.78 is 10.9. The lowest BCUT2D eigenvalue weighted by atomic mass is 10.1. The van der Waals surface area contributed by atoms with Crippen molar-refractivity contribution >= 4 is 5.91 Å². The Bertz CT molecular complexity index is 1130. The molecule has 2 aromatic carbocycles. The van der Waals surface area contributed by atoms with E-state index >= 15 is 0 Å². The molecule has 3 aromatic rings. The van der Waals surface area contributed by atoms with Gasteiger partial charge in [-0.1, -0.05) is 24.3 Å². The van der Waals surface area contributed by atoms with Crippen LogP contribution in [0.15, 0.2) is 66.0 Å². The molecule has 0 radical (unpaired) electrons. The molecule has 0 aliphatic heterocycles. The maximum atomic E-state index is 12.4. The number of H-pyrrole nitrogens is 1. The van der Waals surface area contributed by atoms with Crippen LogP contribution in [-0.2, 0) is 17.6 Å². The molecule has 8 heteroatoms. The highest BCUT2D eigenvalue weighted by molar-refractivity contribution is 5.76. The van der Waals surface area contributed by atoms with Crippen molar-refractivity contribution < 1.29 is 14.3 Å². The second-order valence-electron chi connectivity index (χ2n) is 7.31. The molecule has 0 bridgehead atoms. The summed E-state index contributed by atoms with van der Waals surface area (Å²) in [7, 11) is 1.62. The molecule has 33 heavy (non-hydrogen) atoms. The number of aryl methyl sites for hydroxylation is 1. The second kappa shape index (κ2) is 12.2. The number of para-hydroxylation sites is 1. The Morgan fingerprint density at radius 1 is 1.12 bits per heavy atom. The average Bonchev–Trinajstić information content (AvgIpc) is 2.84. The topological polar surface area (TPSA) is 106 Å². The van der Waals surface area contributed by atoms with Gasteiger partial charge in [0.15, 0.2) is 5.82 Å². The van der Waals surface area contributed by atoms with Gasteiger partial charge in [0.25, 0.3) is 5.56 Å². The van der Waals surface area contributed by atoms with E-state index in [1.54, 1.807) is 25.3 Å². The van der Waals surface area contributed by atoms with E-state index in [4.69, 9.17) is 9.47 Å². The molecular weight excluding hydrogens is 420 g/mol. The van der Waals surface area contributed by atoms with E-state index in [0.29, 0.717) is 25.4 Å². The van der Waals surface area contributed by atoms with Gasteiger partial charge >= 0.3 is 0 Å². The predicted molar refractivity (Wildman–Crippen MR) is 126 cm³/mol. The number of amides is 1. The number of nitrogens with zero attached hydrogens (tertiary/aromatic N) is 2. The number of hydrogen-bond donors (Lipinski definition) is 2. The molecule has 2 N–H and O–H groups in total. The van der Waals surface area contributed by atoms with Crippen molar-refractivity contribution in [2.24, 2.45) is 0 Å². The summed E-state index contributed by atoms with van der Waals surface area (Å²) in [5, 5.41) is 11.0. The molecule has 1 aromatic heterocycles. The molecule has 0 fully saturated rings. The average molecular weight is 449 g/mol. The Balaban J connectivity index is 1.49. The van der Waals surface area contributed by atoms with E-state index in [9.17, 15) is 9.59 Å². The molecule has 1 heterocycles. The maximum Gasteiger partial charge on any atom is 0.273 e. The zero-order valence-corrected chi connectivity index (χ0v) is 18.7. The molecule has 0 unspecified atom stereocenters. The van der Waals surface area contributed by atoms with Crippen molar-refractivity contribution in [3.8, 4) is 22.9 Å². The van der Waals surface area contributed by atoms with Crippen molar-refractivity contribution in [1.29, 1.82) is 0 Å². The van der Waals surface area contributed by atoms with Gasteiger partial charge in [0.2, 0.25) is 5.91 Å². The first-order valence-corrected chi connectivity index (χ1v) is 10.8. The zero-order chi connectivity index (χ0) is 23.5. The van der Waals surface area contributed by atoms with Crippen LogP contribution < -0.4 is 20.3 Å². The minimum absolute atomic E-state index is 0.151. The normalized spacial score (nSPS) is 10.5. The van der Waals surface area contributed by atoms with Gasteiger partial charge in [0.1, 0.15) is 17.2 Å². The third kappa shape index (κ3) is 7.03. The first kappa shape index (κ1) is 23.7. The molecule has 172 valence electrons. The number of rotatable bonds is 12. The molecule has 0 spiro atoms. The summed E-state index contributed by atoms with van der Waals surface area (Å²) in [4.78, 5) is 27.3. The summed E-state index contributed by atoms with van der Waals surface area (Å²) in [6, 6.07) is 14.9. The summed E-state index contributed by atoms with van der Waals surface area (Å²) in [6.45, 7) is 4.70. The number of methoxy groups -OCH3 is 1. The maximum absolute atomic E-state index is 12.4. The number of aromatic nitrogens is 3. The fraction of sp³-hybridized carbons (Fsp3) is 0.280. The quantitative estimate of drug-likeness (QED) is 0.326. The SMILES string of the molecule is C=CCCOc1ccc(-c2nnc(CCC(=O)NCCc3ccccc3OC)c(=O)[nH]2)cc1. The Hall–Kier alpha value is -3.94. The Morgan fingerprint density at radius 3 is 2.64 bits per heavy atom. The van der Waals surface area contributed by atoms with Crippen LogP contribution >= 0.6 is 0 Å². The van der Waals surface area contributed by atoms with Gasteiger partial charge in [-0.15, -0.1) is 16.8 Å². The lowest BCUT2D eigenvalue weighted by Gasteiger charge is -2.09. The van der Waals surface area contributed by atoms with Gasteiger partial charge in [-0.3, -0.25) is 9.59 Å². The van der Waals surface area contributed by atoms with Crippen LogP contribution in [0, 0.1) is 0 Å². The first-order valence-electron chi connectivity index (χ1n) is 10.8. The first-order chi connectivity index (χ1) is 16.1. The highest BCUT2D eigenvalue weighted by Crippen LogP contribution is 2.19. The van der Waals surface area contributed by atoms with Crippen molar-refractivity contribution in [3.05, 3.63) is 82.8 Å². The summed E-state index contributed by atoms with van der Waals surface area (Å²) in [5.41, 5.74) is 1.61. The Labute approximate surface area is 192 Å². The monoisotopic (exact) mass is 448 g/mol. The molecule has 0 aliphatic rings. The number of ether oxygens (including phenoxy) is 2. The Morgan fingerprint density at radius 2 is 1.91 bits per heavy atom. The summed E-state index contributed by atoms with van der Waals surface area (Å²) >= 11 is 0. The van der Waals surface area contributed by atoms with Crippen molar-refractivity contribution in [2.45, 2.75) is 25.7 Å². The van der Waals surface area contributed by atoms with Crippen LogP contribution in [0.5, 0.6) is 11.5 Å². The number of carbonyl (C=O) groups excluding carboxylic acids is 1. The van der Waals surface area contributed by atoms with Crippen LogP contribution in [0.25, 0.3) is 11.4 Å². The predicted octanol–water partition coefficient (Wildman–Crippen LogP) is 3.09. The molecular formula is C25H28N4O4. The van der Waals surface area contributed by atoms with Crippen molar-refractivity contribution in [2.75, 3.05) is 20.3 Å². The molecule has 8 nitrogen and oxygen atoms in total. The van der Waals surface area contributed by atoms with E-state index in [-0.39, 0.29) is 30.0 Å². The highest BCUT2D eigenvalue weighted by Gasteiger charge is 2.10. The van der Waals surface area contributed by atoms with Gasteiger partial charge in [0, 0.05) is 24.9 Å². The summed E-state index contributed by atoms with van der Waals surface area (Å²) in [5.74, 6) is 1.73. The third-order valence-electron chi connectivity index (χ3n) is 4.98. The standard InChI is InChI=1S/C25H28N4O4/c1-3-4-17-33-20-11-9-19(10-12-20)24-27-25(31)21(28-29-24)13-14-23(30)26-16-15-18-7-5-6-8-22(18)32-2/h3,5-12H,1,4,13-17H2,2H3,(H,26,30)(H,27,29,31). The fourth-order valence-electron chi connectivity index (χ4n) is 3.19. The Kier molecular flexibility index (Phi) is 8.76. The molecule has 0 saturated heterocycles. The van der Waals surface area contributed by atoms with Crippen LogP contribution in [0.1, 0.15) is 24.1 Å². The molecule has 0 aliphatic carbocycles. The number of aromatic amines is 1. The van der Waals surface area contributed by atoms with Gasteiger partial charge in [-0.25, -0.2) is 0 Å². The van der Waals surface area contributed by atoms with Crippen LogP contribution in [-0.4, -0.2) is 41.3 Å². The second-order valence-corrected chi connectivity index (χ2v) is 7.31. The van der Waals surface area contributed by atoms with Crippen molar-refractivity contribution in [1.82, 2.24) is 20.5 Å². The van der Waals surface area contributed by atoms with E-state index in [0.717, 1.165) is 29.0 Å². The van der Waals surface area contributed by atoms with Crippen LogP contribution in [0.3, 0.4) is 0 Å². The van der Waals surface area contributed by atoms with Gasteiger partial charge in [-0.05, 0) is 48.7 Å². The van der Waals surface area contributed by atoms with E-state index in [2.05, 4.69) is 27.1 Å². The van der Waals surface area contributed by atoms with E-state index < -0.39 is 0 Å². The zero-order valence-electron chi connectivity index (χ0n) is 18.7. The minimum atomic E-state index is -0.354. The van der Waals surface area contributed by atoms with Crippen LogP contribution in [0.4, 0.5) is 0 Å². The number of nitrogens with one attached hydrogen (secondary N) is 2. The number of hydrogen-bond acceptors (Lipinski definition) is 6. The molecule has 3 rings (SSSR count). The van der Waals surface area contributed by atoms with Crippen LogP contribution in [0.2, 0.25) is 0 Å². The fourth-order valence-corrected chi connectivity index (χ4v) is 3.19. The van der Waals surface area contributed by atoms with Gasteiger partial charge < -0.3 is 19.8 Å². The molecule has 1 amide bonds. The largest absolute Gasteiger partial charge is 0.496 e. The highest BCUT2D eigenvalue weighted by atomic mass is 16.5. The number of benzene rings is 2. The smallest absolute Gasteiger partial charge is 0.273 e. The number of carbonyl (C=O) groups is 1. The van der Waals surface area contributed by atoms with E-state index in [1.807, 2.05) is 36.4 Å². The minimum Gasteiger partial charge on any atom is -0.496 e. The molecule has 0 saturated carbocycles. The van der Waals surface area contributed by atoms with Gasteiger partial charge in [-0.2, -0.15) is 0 Å². The van der Waals surface area contributed by atoms with Gasteiger partial charge in [0.05, 0.1) is 13.7 Å². The third-order valence-corrected chi connectivity index (χ3v) is 4.98. The summed E-state index contributed by atoms with van der Waals surface area (Å²) in [6.07, 6.45) is 3.58. The van der Waals surface area contributed by atoms with Crippen molar-refractivity contribution in [3.63, 3.8) is 0 Å². The lowest BCUT2D eigenvalue weighted by Crippen LogP contribution is -2.27. The van der Waals surface area contributed by atoms with E-state index in [1.165, 1.54) is 0 Å². The molecule has 0 atom stereocenters.